The lowest BCUT2D eigenvalue weighted by Gasteiger charge is -2.33. The number of fused-ring (bicyclic) bond motifs is 1. The molecule has 0 radical (unpaired) electrons. The molecule has 1 amide bonds. The van der Waals surface area contributed by atoms with Gasteiger partial charge in [0.2, 0.25) is 0 Å². The smallest absolute Gasteiger partial charge is 0.349 e. The zero-order valence-electron chi connectivity index (χ0n) is 17.6. The molecule has 1 heterocycles. The average molecular weight is 444 g/mol. The minimum absolute atomic E-state index is 0.0997. The van der Waals surface area contributed by atoms with Crippen LogP contribution in [0, 0.1) is 11.7 Å². The Morgan fingerprint density at radius 1 is 1.03 bits per heavy atom. The molecule has 2 aromatic carbocycles. The van der Waals surface area contributed by atoms with E-state index in [9.17, 15) is 22.4 Å². The summed E-state index contributed by atoms with van der Waals surface area (Å²) < 4.78 is 51.9. The van der Waals surface area contributed by atoms with Crippen LogP contribution < -0.4 is 5.32 Å². The Morgan fingerprint density at radius 3 is 2.38 bits per heavy atom. The third-order valence-electron chi connectivity index (χ3n) is 6.49. The van der Waals surface area contributed by atoms with E-state index in [-0.39, 0.29) is 29.2 Å². The zero-order chi connectivity index (χ0) is 22.9. The molecular weight excluding hydrogens is 420 g/mol. The number of pyridine rings is 1. The highest BCUT2D eigenvalue weighted by molar-refractivity contribution is 5.94. The molecule has 0 bridgehead atoms. The number of carbonyl (C=O) groups excluding carboxylic acids is 1. The van der Waals surface area contributed by atoms with Crippen LogP contribution in [0.4, 0.5) is 17.6 Å². The molecule has 7 heteroatoms. The molecule has 1 atom stereocenters. The van der Waals surface area contributed by atoms with Crippen molar-refractivity contribution in [2.75, 3.05) is 0 Å². The molecule has 1 aliphatic rings. The van der Waals surface area contributed by atoms with Crippen molar-refractivity contribution in [2.45, 2.75) is 50.7 Å². The molecule has 4 rings (SSSR count). The monoisotopic (exact) mass is 444 g/mol. The highest BCUT2D eigenvalue weighted by Gasteiger charge is 2.31. The highest BCUT2D eigenvalue weighted by Crippen LogP contribution is 2.39. The van der Waals surface area contributed by atoms with Crippen molar-refractivity contribution in [3.8, 4) is 0 Å². The van der Waals surface area contributed by atoms with Gasteiger partial charge >= 0.3 is 6.18 Å². The molecule has 0 aliphatic heterocycles. The van der Waals surface area contributed by atoms with Crippen LogP contribution in [0.2, 0.25) is 0 Å². The third-order valence-corrected chi connectivity index (χ3v) is 6.49. The fourth-order valence-electron chi connectivity index (χ4n) is 4.64. The van der Waals surface area contributed by atoms with Gasteiger partial charge in [-0.05, 0) is 98.5 Å². The summed E-state index contributed by atoms with van der Waals surface area (Å²) in [5.74, 6) is -0.0742. The first-order valence-corrected chi connectivity index (χ1v) is 10.7. The normalized spacial score (nSPS) is 20.2. The number of hydrogen-bond acceptors (Lipinski definition) is 2. The molecule has 1 N–H and O–H groups in total. The van der Waals surface area contributed by atoms with Crippen LogP contribution in [0.15, 0.2) is 54.7 Å². The van der Waals surface area contributed by atoms with Gasteiger partial charge < -0.3 is 5.32 Å². The van der Waals surface area contributed by atoms with Gasteiger partial charge in [0.25, 0.3) is 5.91 Å². The summed E-state index contributed by atoms with van der Waals surface area (Å²) >= 11 is 0. The van der Waals surface area contributed by atoms with E-state index in [1.165, 1.54) is 24.3 Å². The van der Waals surface area contributed by atoms with E-state index in [0.717, 1.165) is 54.3 Å². The van der Waals surface area contributed by atoms with Crippen LogP contribution in [-0.2, 0) is 6.18 Å². The van der Waals surface area contributed by atoms with Crippen LogP contribution in [0.1, 0.15) is 60.0 Å². The van der Waals surface area contributed by atoms with E-state index >= 15 is 0 Å². The zero-order valence-corrected chi connectivity index (χ0v) is 17.6. The van der Waals surface area contributed by atoms with Crippen molar-refractivity contribution < 1.29 is 22.4 Å². The number of halogens is 4. The molecule has 1 fully saturated rings. The van der Waals surface area contributed by atoms with E-state index < -0.39 is 11.7 Å². The minimum Gasteiger partial charge on any atom is -0.349 e. The molecule has 3 nitrogen and oxygen atoms in total. The van der Waals surface area contributed by atoms with Crippen LogP contribution >= 0.6 is 0 Å². The topological polar surface area (TPSA) is 42.0 Å². The standard InChI is InChI=1S/C25H24F4N2O/c1-15(31-24(32)18-6-8-19(9-7-18)25(27,28)29)16-2-4-17(5-3-16)21-12-13-30-23-11-10-20(26)14-22(21)23/h6-17H,2-5H2,1H3,(H,31,32)/t15-,16?,17?/m1/s1. The summed E-state index contributed by atoms with van der Waals surface area (Å²) in [5.41, 5.74) is 1.32. The highest BCUT2D eigenvalue weighted by atomic mass is 19.4. The number of amides is 1. The lowest BCUT2D eigenvalue weighted by molar-refractivity contribution is -0.137. The molecule has 3 aromatic rings. The maximum atomic E-state index is 13.8. The number of carbonyl (C=O) groups is 1. The predicted octanol–water partition coefficient (Wildman–Crippen LogP) is 6.49. The minimum atomic E-state index is -4.42. The number of nitrogens with one attached hydrogen (secondary N) is 1. The van der Waals surface area contributed by atoms with Gasteiger partial charge in [0.1, 0.15) is 5.82 Å². The van der Waals surface area contributed by atoms with E-state index in [1.807, 2.05) is 13.0 Å². The second-order valence-electron chi connectivity index (χ2n) is 8.51. The average Bonchev–Trinajstić information content (AvgIpc) is 2.78. The number of rotatable bonds is 4. The molecular formula is C25H24F4N2O. The second-order valence-corrected chi connectivity index (χ2v) is 8.51. The predicted molar refractivity (Wildman–Crippen MR) is 115 cm³/mol. The van der Waals surface area contributed by atoms with Crippen molar-refractivity contribution in [3.05, 3.63) is 77.2 Å². The Morgan fingerprint density at radius 2 is 1.72 bits per heavy atom. The third kappa shape index (κ3) is 4.76. The summed E-state index contributed by atoms with van der Waals surface area (Å²) in [7, 11) is 0. The summed E-state index contributed by atoms with van der Waals surface area (Å²) in [6.07, 6.45) is 0.972. The van der Waals surface area contributed by atoms with Crippen LogP contribution in [0.25, 0.3) is 10.9 Å². The van der Waals surface area contributed by atoms with E-state index in [4.69, 9.17) is 0 Å². The van der Waals surface area contributed by atoms with Gasteiger partial charge in [-0.3, -0.25) is 9.78 Å². The van der Waals surface area contributed by atoms with Crippen molar-refractivity contribution in [1.82, 2.24) is 10.3 Å². The fourth-order valence-corrected chi connectivity index (χ4v) is 4.64. The Bertz CT molecular complexity index is 1100. The van der Waals surface area contributed by atoms with Gasteiger partial charge in [-0.2, -0.15) is 13.2 Å². The maximum Gasteiger partial charge on any atom is 0.416 e. The van der Waals surface area contributed by atoms with Crippen molar-refractivity contribution >= 4 is 16.8 Å². The molecule has 168 valence electrons. The molecule has 0 spiro atoms. The number of alkyl halides is 3. The maximum absolute atomic E-state index is 13.8. The number of nitrogens with zero attached hydrogens (tertiary/aromatic N) is 1. The Labute approximate surface area is 183 Å². The van der Waals surface area contributed by atoms with Crippen LogP contribution in [0.3, 0.4) is 0 Å². The second kappa shape index (κ2) is 8.88. The lowest BCUT2D eigenvalue weighted by Crippen LogP contribution is -2.39. The van der Waals surface area contributed by atoms with E-state index in [2.05, 4.69) is 10.3 Å². The first kappa shape index (κ1) is 22.2. The van der Waals surface area contributed by atoms with Gasteiger partial charge in [0, 0.05) is 23.2 Å². The molecule has 0 unspecified atom stereocenters. The van der Waals surface area contributed by atoms with Gasteiger partial charge in [0.15, 0.2) is 0 Å². The van der Waals surface area contributed by atoms with E-state index in [0.29, 0.717) is 5.92 Å². The van der Waals surface area contributed by atoms with Gasteiger partial charge in [-0.25, -0.2) is 4.39 Å². The van der Waals surface area contributed by atoms with Crippen LogP contribution in [-0.4, -0.2) is 16.9 Å². The Hall–Kier alpha value is -2.96. The number of benzene rings is 2. The summed E-state index contributed by atoms with van der Waals surface area (Å²) in [6.45, 7) is 1.93. The molecule has 32 heavy (non-hydrogen) atoms. The summed E-state index contributed by atoms with van der Waals surface area (Å²) in [6, 6.07) is 10.8. The first-order chi connectivity index (χ1) is 15.2. The Kier molecular flexibility index (Phi) is 6.17. The SMILES string of the molecule is C[C@@H](NC(=O)c1ccc(C(F)(F)F)cc1)C1CCC(c2ccnc3ccc(F)cc23)CC1. The first-order valence-electron chi connectivity index (χ1n) is 10.7. The van der Waals surface area contributed by atoms with Crippen molar-refractivity contribution in [2.24, 2.45) is 5.92 Å². The number of hydrogen-bond donors (Lipinski definition) is 1. The Balaban J connectivity index is 1.37. The van der Waals surface area contributed by atoms with Gasteiger partial charge in [0.05, 0.1) is 11.1 Å². The number of aromatic nitrogens is 1. The van der Waals surface area contributed by atoms with Gasteiger partial charge in [-0.1, -0.05) is 0 Å². The lowest BCUT2D eigenvalue weighted by atomic mass is 9.75. The molecule has 1 saturated carbocycles. The summed E-state index contributed by atoms with van der Waals surface area (Å²) in [4.78, 5) is 16.8. The van der Waals surface area contributed by atoms with Crippen molar-refractivity contribution in [1.29, 1.82) is 0 Å². The van der Waals surface area contributed by atoms with E-state index in [1.54, 1.807) is 12.3 Å². The van der Waals surface area contributed by atoms with Crippen molar-refractivity contribution in [3.63, 3.8) is 0 Å². The van der Waals surface area contributed by atoms with Gasteiger partial charge in [-0.15, -0.1) is 0 Å². The van der Waals surface area contributed by atoms with Crippen LogP contribution in [0.5, 0.6) is 0 Å². The fraction of sp³-hybridized carbons (Fsp3) is 0.360. The summed E-state index contributed by atoms with van der Waals surface area (Å²) in [5, 5.41) is 3.78. The molecule has 1 aromatic heterocycles. The molecule has 1 aliphatic carbocycles. The largest absolute Gasteiger partial charge is 0.416 e. The quantitative estimate of drug-likeness (QED) is 0.468. The molecule has 0 saturated heterocycles.